The number of rotatable bonds is 9. The molecule has 0 aliphatic heterocycles. The molecule has 3 aromatic rings. The molecule has 0 bridgehead atoms. The molecule has 1 amide bonds. The molecule has 0 spiro atoms. The van der Waals surface area contributed by atoms with E-state index in [0.717, 1.165) is 0 Å². The van der Waals surface area contributed by atoms with Gasteiger partial charge in [0.1, 0.15) is 16.3 Å². The molecule has 0 aliphatic carbocycles. The zero-order valence-electron chi connectivity index (χ0n) is 20.6. The standard InChI is InChI=1S/C22H23ClN4O7S2.C2H4/c1-13-3-4-16(25-20(28)12-35(30,31)8-7-23)11-18(13)26-27-21-19(36(32,33)34)10-14-9-15(24-2)5-6-17(14)22(21)29;1-2/h3-6,9-11,24,29H,7-8,12H2,1-2H3,(H,25,28)(H,32,33,34);1-2H2. The van der Waals surface area contributed by atoms with Gasteiger partial charge in [-0.3, -0.25) is 9.35 Å². The average Bonchev–Trinajstić information content (AvgIpc) is 2.84. The van der Waals surface area contributed by atoms with Crippen molar-refractivity contribution in [3.05, 3.63) is 61.2 Å². The van der Waals surface area contributed by atoms with Crippen LogP contribution in [0.2, 0.25) is 0 Å². The van der Waals surface area contributed by atoms with E-state index in [1.807, 2.05) is 0 Å². The summed E-state index contributed by atoms with van der Waals surface area (Å²) in [6.07, 6.45) is 0. The monoisotopic (exact) mass is 582 g/mol. The highest BCUT2D eigenvalue weighted by Crippen LogP contribution is 2.42. The lowest BCUT2D eigenvalue weighted by atomic mass is 10.1. The van der Waals surface area contributed by atoms with Gasteiger partial charge in [0.25, 0.3) is 10.1 Å². The van der Waals surface area contributed by atoms with Crippen molar-refractivity contribution in [1.82, 2.24) is 0 Å². The number of nitrogens with zero attached hydrogens (tertiary/aromatic N) is 2. The number of aryl methyl sites for hydroxylation is 1. The number of azo groups is 1. The molecule has 3 aromatic carbocycles. The fraction of sp³-hybridized carbons (Fsp3) is 0.208. The second kappa shape index (κ2) is 12.8. The van der Waals surface area contributed by atoms with Gasteiger partial charge in [-0.2, -0.15) is 13.5 Å². The lowest BCUT2D eigenvalue weighted by Crippen LogP contribution is -2.25. The minimum Gasteiger partial charge on any atom is -0.505 e. The molecule has 0 aromatic heterocycles. The van der Waals surface area contributed by atoms with Crippen LogP contribution >= 0.6 is 11.6 Å². The van der Waals surface area contributed by atoms with E-state index < -0.39 is 47.9 Å². The number of fused-ring (bicyclic) bond motifs is 1. The molecule has 0 saturated carbocycles. The number of aromatic hydroxyl groups is 1. The Balaban J connectivity index is 0.00000247. The molecule has 0 radical (unpaired) electrons. The van der Waals surface area contributed by atoms with Crippen LogP contribution in [-0.2, 0) is 24.7 Å². The van der Waals surface area contributed by atoms with Gasteiger partial charge in [0.2, 0.25) is 5.91 Å². The van der Waals surface area contributed by atoms with Gasteiger partial charge in [-0.05, 0) is 54.3 Å². The van der Waals surface area contributed by atoms with Gasteiger partial charge >= 0.3 is 0 Å². The van der Waals surface area contributed by atoms with E-state index in [4.69, 9.17) is 11.6 Å². The maximum atomic E-state index is 12.1. The number of phenolic OH excluding ortho intramolecular Hbond substituents is 1. The number of carbonyl (C=O) groups is 1. The Hall–Kier alpha value is -3.52. The molecule has 38 heavy (non-hydrogen) atoms. The molecule has 0 aliphatic rings. The van der Waals surface area contributed by atoms with Gasteiger partial charge in [-0.25, -0.2) is 8.42 Å². The molecule has 4 N–H and O–H groups in total. The van der Waals surface area contributed by atoms with Crippen LogP contribution in [0, 0.1) is 6.92 Å². The van der Waals surface area contributed by atoms with Crippen LogP contribution < -0.4 is 10.6 Å². The van der Waals surface area contributed by atoms with Crippen LogP contribution in [0.3, 0.4) is 0 Å². The van der Waals surface area contributed by atoms with Crippen molar-refractivity contribution in [3.8, 4) is 5.75 Å². The highest BCUT2D eigenvalue weighted by molar-refractivity contribution is 7.92. The number of hydrogen-bond acceptors (Lipinski definition) is 9. The van der Waals surface area contributed by atoms with Crippen LogP contribution in [0.4, 0.5) is 22.7 Å². The molecule has 204 valence electrons. The van der Waals surface area contributed by atoms with Crippen LogP contribution in [0.5, 0.6) is 5.75 Å². The lowest BCUT2D eigenvalue weighted by Gasteiger charge is -2.11. The zero-order valence-corrected chi connectivity index (χ0v) is 23.0. The Bertz CT molecular complexity index is 1590. The van der Waals surface area contributed by atoms with E-state index in [2.05, 4.69) is 34.0 Å². The smallest absolute Gasteiger partial charge is 0.296 e. The van der Waals surface area contributed by atoms with Crippen molar-refractivity contribution in [3.63, 3.8) is 0 Å². The fourth-order valence-electron chi connectivity index (χ4n) is 3.29. The van der Waals surface area contributed by atoms with Crippen LogP contribution in [0.1, 0.15) is 5.56 Å². The number of sulfone groups is 1. The predicted octanol–water partition coefficient (Wildman–Crippen LogP) is 4.95. The second-order valence-corrected chi connectivity index (χ2v) is 11.7. The SMILES string of the molecule is C=C.CNc1ccc2c(O)c(N=Nc3cc(NC(=O)CS(=O)(=O)CCCl)ccc3C)c(S(=O)(=O)O)cc2c1. The molecule has 0 fully saturated rings. The summed E-state index contributed by atoms with van der Waals surface area (Å²) in [5, 5.41) is 24.6. The fourth-order valence-corrected chi connectivity index (χ4v) is 5.50. The third-order valence-corrected chi connectivity index (χ3v) is 7.92. The Kier molecular flexibility index (Phi) is 10.4. The van der Waals surface area contributed by atoms with Crippen molar-refractivity contribution in [2.75, 3.05) is 35.1 Å². The maximum Gasteiger partial charge on any atom is 0.296 e. The minimum absolute atomic E-state index is 0.130. The zero-order chi connectivity index (χ0) is 28.7. The highest BCUT2D eigenvalue weighted by Gasteiger charge is 2.22. The number of amides is 1. The summed E-state index contributed by atoms with van der Waals surface area (Å²) in [7, 11) is -6.77. The Morgan fingerprint density at radius 3 is 2.29 bits per heavy atom. The Morgan fingerprint density at radius 1 is 1.03 bits per heavy atom. The molecule has 14 heteroatoms. The topological polar surface area (TPSA) is 175 Å². The molecular weight excluding hydrogens is 556 g/mol. The lowest BCUT2D eigenvalue weighted by molar-refractivity contribution is -0.113. The van der Waals surface area contributed by atoms with Crippen molar-refractivity contribution >= 4 is 71.0 Å². The summed E-state index contributed by atoms with van der Waals surface area (Å²) in [5.41, 5.74) is 1.19. The van der Waals surface area contributed by atoms with E-state index in [1.165, 1.54) is 18.2 Å². The average molecular weight is 583 g/mol. The quantitative estimate of drug-likeness (QED) is 0.118. The molecule has 0 atom stereocenters. The van der Waals surface area contributed by atoms with E-state index >= 15 is 0 Å². The first-order chi connectivity index (χ1) is 17.8. The second-order valence-electron chi connectivity index (χ2n) is 7.76. The van der Waals surface area contributed by atoms with Crippen molar-refractivity contribution in [2.45, 2.75) is 11.8 Å². The molecule has 3 rings (SSSR count). The Morgan fingerprint density at radius 2 is 1.68 bits per heavy atom. The van der Waals surface area contributed by atoms with Gasteiger partial charge < -0.3 is 15.7 Å². The summed E-state index contributed by atoms with van der Waals surface area (Å²) in [5.74, 6) is -2.49. The molecular formula is C24H27ClN4O7S2. The summed E-state index contributed by atoms with van der Waals surface area (Å²) in [4.78, 5) is 11.5. The third-order valence-electron chi connectivity index (χ3n) is 5.11. The van der Waals surface area contributed by atoms with Gasteiger partial charge in [-0.1, -0.05) is 6.07 Å². The van der Waals surface area contributed by atoms with Crippen molar-refractivity contribution < 1.29 is 31.3 Å². The number of benzene rings is 3. The number of hydrogen-bond donors (Lipinski definition) is 4. The molecule has 0 heterocycles. The summed E-state index contributed by atoms with van der Waals surface area (Å²) >= 11 is 5.44. The van der Waals surface area contributed by atoms with Crippen LogP contribution in [0.25, 0.3) is 10.8 Å². The number of anilines is 2. The minimum atomic E-state index is -4.79. The Labute approximate surface area is 225 Å². The van der Waals surface area contributed by atoms with Crippen molar-refractivity contribution in [1.29, 1.82) is 0 Å². The number of nitrogens with one attached hydrogen (secondary N) is 2. The highest BCUT2D eigenvalue weighted by atomic mass is 35.5. The molecule has 11 nitrogen and oxygen atoms in total. The first-order valence-corrected chi connectivity index (χ1v) is 14.7. The first-order valence-electron chi connectivity index (χ1n) is 10.9. The van der Waals surface area contributed by atoms with Gasteiger partial charge in [0.15, 0.2) is 15.6 Å². The number of carbonyl (C=O) groups excluding carboxylic acids is 1. The van der Waals surface area contributed by atoms with E-state index in [1.54, 1.807) is 38.2 Å². The summed E-state index contributed by atoms with van der Waals surface area (Å²) in [6, 6.07) is 10.5. The van der Waals surface area contributed by atoms with E-state index in [9.17, 15) is 31.3 Å². The normalized spacial score (nSPS) is 11.7. The molecule has 0 saturated heterocycles. The van der Waals surface area contributed by atoms with Crippen LogP contribution in [0.15, 0.2) is 70.7 Å². The number of phenols is 1. The predicted molar refractivity (Wildman–Crippen MR) is 150 cm³/mol. The largest absolute Gasteiger partial charge is 0.505 e. The molecule has 0 unspecified atom stereocenters. The number of halogens is 1. The van der Waals surface area contributed by atoms with E-state index in [-0.39, 0.29) is 28.4 Å². The third kappa shape index (κ3) is 7.74. The first kappa shape index (κ1) is 30.7. The van der Waals surface area contributed by atoms with Crippen LogP contribution in [-0.4, -0.2) is 56.8 Å². The van der Waals surface area contributed by atoms with Gasteiger partial charge in [0.05, 0.1) is 11.4 Å². The maximum absolute atomic E-state index is 12.1. The number of alkyl halides is 1. The summed E-state index contributed by atoms with van der Waals surface area (Å²) in [6.45, 7) is 7.67. The summed E-state index contributed by atoms with van der Waals surface area (Å²) < 4.78 is 57.4. The van der Waals surface area contributed by atoms with Gasteiger partial charge in [0, 0.05) is 29.7 Å². The van der Waals surface area contributed by atoms with Gasteiger partial charge in [-0.15, -0.1) is 29.9 Å². The van der Waals surface area contributed by atoms with E-state index in [0.29, 0.717) is 16.6 Å². The van der Waals surface area contributed by atoms with Crippen molar-refractivity contribution in [2.24, 2.45) is 10.2 Å².